The molecule has 0 aliphatic rings. The molecule has 0 bridgehead atoms. The highest BCUT2D eigenvalue weighted by molar-refractivity contribution is 14.0. The highest BCUT2D eigenvalue weighted by Gasteiger charge is 2.07. The van der Waals surface area contributed by atoms with Crippen LogP contribution in [0.25, 0.3) is 5.69 Å². The summed E-state index contributed by atoms with van der Waals surface area (Å²) in [5.41, 5.74) is 2.13. The summed E-state index contributed by atoms with van der Waals surface area (Å²) in [6.45, 7) is 1.15. The third kappa shape index (κ3) is 5.68. The van der Waals surface area contributed by atoms with Crippen molar-refractivity contribution in [2.45, 2.75) is 13.1 Å². The van der Waals surface area contributed by atoms with E-state index in [4.69, 9.17) is 4.74 Å². The maximum Gasteiger partial charge on any atom is 0.191 e. The number of aromatic nitrogens is 3. The Bertz CT molecular complexity index is 865. The number of hydrogen-bond donors (Lipinski definition) is 2. The fraction of sp³-hybridized carbons (Fsp3) is 0.211. The van der Waals surface area contributed by atoms with E-state index in [0.717, 1.165) is 22.8 Å². The smallest absolute Gasteiger partial charge is 0.191 e. The second kappa shape index (κ2) is 10.5. The lowest BCUT2D eigenvalue weighted by Gasteiger charge is -2.13. The maximum atomic E-state index is 5.25. The molecule has 7 nitrogen and oxygen atoms in total. The fourth-order valence-corrected chi connectivity index (χ4v) is 2.54. The van der Waals surface area contributed by atoms with E-state index in [-0.39, 0.29) is 24.0 Å². The van der Waals surface area contributed by atoms with Gasteiger partial charge in [0.1, 0.15) is 12.1 Å². The number of guanidine groups is 1. The van der Waals surface area contributed by atoms with Crippen LogP contribution in [0.3, 0.4) is 0 Å². The van der Waals surface area contributed by atoms with Crippen LogP contribution in [-0.4, -0.2) is 34.9 Å². The first-order valence-electron chi connectivity index (χ1n) is 8.32. The van der Waals surface area contributed by atoms with Crippen LogP contribution in [0.2, 0.25) is 0 Å². The van der Waals surface area contributed by atoms with Crippen molar-refractivity contribution in [3.63, 3.8) is 0 Å². The van der Waals surface area contributed by atoms with Crippen molar-refractivity contribution in [3.8, 4) is 11.4 Å². The van der Waals surface area contributed by atoms with E-state index >= 15 is 0 Å². The van der Waals surface area contributed by atoms with Crippen LogP contribution in [0.5, 0.6) is 5.75 Å². The Kier molecular flexibility index (Phi) is 8.05. The van der Waals surface area contributed by atoms with Gasteiger partial charge in [0.25, 0.3) is 0 Å². The van der Waals surface area contributed by atoms with Crippen LogP contribution in [0.15, 0.2) is 65.9 Å². The first-order valence-corrected chi connectivity index (χ1v) is 8.32. The number of hydrogen-bond acceptors (Lipinski definition) is 4. The Labute approximate surface area is 175 Å². The number of benzene rings is 2. The molecule has 8 heteroatoms. The van der Waals surface area contributed by atoms with Crippen LogP contribution in [-0.2, 0) is 13.1 Å². The molecule has 2 N–H and O–H groups in total. The summed E-state index contributed by atoms with van der Waals surface area (Å²) >= 11 is 0. The number of rotatable bonds is 6. The first-order chi connectivity index (χ1) is 12.8. The topological polar surface area (TPSA) is 76.4 Å². The van der Waals surface area contributed by atoms with Crippen molar-refractivity contribution in [3.05, 3.63) is 72.3 Å². The van der Waals surface area contributed by atoms with Crippen molar-refractivity contribution in [1.82, 2.24) is 25.4 Å². The van der Waals surface area contributed by atoms with E-state index in [1.54, 1.807) is 20.5 Å². The third-order valence-corrected chi connectivity index (χ3v) is 3.88. The minimum atomic E-state index is 0. The van der Waals surface area contributed by atoms with E-state index in [1.807, 2.05) is 59.2 Å². The Morgan fingerprint density at radius 1 is 1.07 bits per heavy atom. The number of para-hydroxylation sites is 1. The summed E-state index contributed by atoms with van der Waals surface area (Å²) < 4.78 is 7.19. The van der Waals surface area contributed by atoms with E-state index in [1.165, 1.54) is 0 Å². The molecule has 0 amide bonds. The van der Waals surface area contributed by atoms with Gasteiger partial charge >= 0.3 is 0 Å². The van der Waals surface area contributed by atoms with Crippen LogP contribution < -0.4 is 15.4 Å². The van der Waals surface area contributed by atoms with Gasteiger partial charge in [-0.15, -0.1) is 34.2 Å². The van der Waals surface area contributed by atoms with Crippen molar-refractivity contribution < 1.29 is 4.74 Å². The molecule has 0 unspecified atom stereocenters. The van der Waals surface area contributed by atoms with Gasteiger partial charge in [0.05, 0.1) is 13.7 Å². The molecule has 3 rings (SSSR count). The quantitative estimate of drug-likeness (QED) is 0.324. The number of aliphatic imine (C=N–C) groups is 1. The van der Waals surface area contributed by atoms with E-state index in [0.29, 0.717) is 19.0 Å². The lowest BCUT2D eigenvalue weighted by molar-refractivity contribution is 0.414. The van der Waals surface area contributed by atoms with Crippen molar-refractivity contribution in [2.75, 3.05) is 14.2 Å². The Morgan fingerprint density at radius 2 is 1.85 bits per heavy atom. The van der Waals surface area contributed by atoms with Gasteiger partial charge < -0.3 is 15.4 Å². The number of nitrogens with zero attached hydrogens (tertiary/aromatic N) is 4. The molecule has 0 spiro atoms. The molecular weight excluding hydrogens is 455 g/mol. The Hall–Kier alpha value is -2.62. The van der Waals surface area contributed by atoms with E-state index in [2.05, 4.69) is 25.8 Å². The van der Waals surface area contributed by atoms with Crippen LogP contribution >= 0.6 is 24.0 Å². The second-order valence-electron chi connectivity index (χ2n) is 5.58. The molecular formula is C19H23IN6O. The number of methoxy groups -OCH3 is 1. The van der Waals surface area contributed by atoms with Crippen LogP contribution in [0.1, 0.15) is 11.4 Å². The fourth-order valence-electron chi connectivity index (χ4n) is 2.54. The van der Waals surface area contributed by atoms with Crippen LogP contribution in [0, 0.1) is 0 Å². The predicted octanol–water partition coefficient (Wildman–Crippen LogP) is 2.76. The van der Waals surface area contributed by atoms with Crippen molar-refractivity contribution >= 4 is 29.9 Å². The summed E-state index contributed by atoms with van der Waals surface area (Å²) in [6, 6.07) is 17.9. The molecule has 2 aromatic carbocycles. The van der Waals surface area contributed by atoms with Gasteiger partial charge in [-0.25, -0.2) is 0 Å². The molecule has 0 atom stereocenters. The molecule has 0 saturated heterocycles. The van der Waals surface area contributed by atoms with Gasteiger partial charge in [-0.2, -0.15) is 0 Å². The SMILES string of the molecule is CN=C(NCc1cccc(OC)c1)NCc1nncn1-c1ccccc1.I. The third-order valence-electron chi connectivity index (χ3n) is 3.88. The molecule has 1 heterocycles. The molecule has 27 heavy (non-hydrogen) atoms. The molecule has 142 valence electrons. The van der Waals surface area contributed by atoms with Gasteiger partial charge in [-0.1, -0.05) is 30.3 Å². The van der Waals surface area contributed by atoms with Gasteiger partial charge in [0.2, 0.25) is 0 Å². The zero-order chi connectivity index (χ0) is 18.2. The van der Waals surface area contributed by atoms with Gasteiger partial charge in [-0.3, -0.25) is 9.56 Å². The average Bonchev–Trinajstić information content (AvgIpc) is 3.17. The number of halogens is 1. The minimum Gasteiger partial charge on any atom is -0.497 e. The predicted molar refractivity (Wildman–Crippen MR) is 117 cm³/mol. The zero-order valence-corrected chi connectivity index (χ0v) is 17.6. The average molecular weight is 478 g/mol. The second-order valence-corrected chi connectivity index (χ2v) is 5.58. The summed E-state index contributed by atoms with van der Waals surface area (Å²) in [7, 11) is 3.40. The highest BCUT2D eigenvalue weighted by atomic mass is 127. The maximum absolute atomic E-state index is 5.25. The standard InChI is InChI=1S/C19H22N6O.HI/c1-20-19(21-12-15-7-6-10-17(11-15)26-2)22-13-18-24-23-14-25(18)16-8-4-3-5-9-16;/h3-11,14H,12-13H2,1-2H3,(H2,20,21,22);1H. The largest absolute Gasteiger partial charge is 0.497 e. The summed E-state index contributed by atoms with van der Waals surface area (Å²) in [5.74, 6) is 2.33. The summed E-state index contributed by atoms with van der Waals surface area (Å²) in [5, 5.41) is 14.8. The van der Waals surface area contributed by atoms with Gasteiger partial charge in [0, 0.05) is 19.3 Å². The number of ether oxygens (including phenoxy) is 1. The normalized spacial score (nSPS) is 10.8. The van der Waals surface area contributed by atoms with Crippen molar-refractivity contribution in [1.29, 1.82) is 0 Å². The lowest BCUT2D eigenvalue weighted by Crippen LogP contribution is -2.36. The van der Waals surface area contributed by atoms with E-state index < -0.39 is 0 Å². The van der Waals surface area contributed by atoms with Crippen molar-refractivity contribution in [2.24, 2.45) is 4.99 Å². The van der Waals surface area contributed by atoms with Gasteiger partial charge in [0.15, 0.2) is 11.8 Å². The Balaban J connectivity index is 0.00000261. The Morgan fingerprint density at radius 3 is 2.59 bits per heavy atom. The molecule has 0 saturated carbocycles. The van der Waals surface area contributed by atoms with Gasteiger partial charge in [-0.05, 0) is 29.8 Å². The van der Waals surface area contributed by atoms with Crippen LogP contribution in [0.4, 0.5) is 0 Å². The highest BCUT2D eigenvalue weighted by Crippen LogP contribution is 2.12. The number of nitrogens with one attached hydrogen (secondary N) is 2. The molecule has 1 aromatic heterocycles. The lowest BCUT2D eigenvalue weighted by atomic mass is 10.2. The molecule has 0 aliphatic carbocycles. The van der Waals surface area contributed by atoms with E-state index in [9.17, 15) is 0 Å². The first kappa shape index (κ1) is 20.7. The molecule has 3 aromatic rings. The molecule has 0 fully saturated rings. The monoisotopic (exact) mass is 478 g/mol. The molecule has 0 radical (unpaired) electrons. The minimum absolute atomic E-state index is 0. The summed E-state index contributed by atoms with van der Waals surface area (Å²) in [6.07, 6.45) is 1.71. The zero-order valence-electron chi connectivity index (χ0n) is 15.3. The molecule has 0 aliphatic heterocycles. The summed E-state index contributed by atoms with van der Waals surface area (Å²) in [4.78, 5) is 4.25.